The Morgan fingerprint density at radius 3 is 2.18 bits per heavy atom. The van der Waals surface area contributed by atoms with Crippen molar-refractivity contribution in [1.82, 2.24) is 5.32 Å². The van der Waals surface area contributed by atoms with E-state index in [4.69, 9.17) is 18.9 Å². The van der Waals surface area contributed by atoms with Crippen LogP contribution in [0.15, 0.2) is 70.1 Å². The van der Waals surface area contributed by atoms with Gasteiger partial charge in [-0.3, -0.25) is 0 Å². The molecule has 2 heterocycles. The van der Waals surface area contributed by atoms with Crippen LogP contribution in [0.3, 0.4) is 0 Å². The van der Waals surface area contributed by atoms with Crippen LogP contribution in [0.4, 0.5) is 5.00 Å². The third-order valence-corrected chi connectivity index (χ3v) is 14.2. The number of esters is 1. The van der Waals surface area contributed by atoms with Gasteiger partial charge in [-0.05, 0) is 50.2 Å². The van der Waals surface area contributed by atoms with Crippen LogP contribution in [-0.4, -0.2) is 53.1 Å². The number of nitrogens with one attached hydrogen (secondary N) is 1. The molecule has 0 spiro atoms. The zero-order valence-electron chi connectivity index (χ0n) is 22.5. The molecule has 1 fully saturated rings. The molecule has 0 aliphatic carbocycles. The predicted molar refractivity (Wildman–Crippen MR) is 161 cm³/mol. The van der Waals surface area contributed by atoms with E-state index in [2.05, 4.69) is 90.5 Å². The summed E-state index contributed by atoms with van der Waals surface area (Å²) in [6, 6.07) is 21.1. The van der Waals surface area contributed by atoms with Gasteiger partial charge in [-0.15, -0.1) is 11.3 Å². The minimum atomic E-state index is -2.76. The third-order valence-electron chi connectivity index (χ3n) is 6.83. The lowest BCUT2D eigenvalue weighted by molar-refractivity contribution is -0.0461. The number of amidine groups is 1. The summed E-state index contributed by atoms with van der Waals surface area (Å²) < 4.78 is 18.5. The van der Waals surface area contributed by atoms with E-state index in [-0.39, 0.29) is 23.7 Å². The van der Waals surface area contributed by atoms with Crippen LogP contribution in [0, 0.1) is 6.92 Å². The molecule has 0 bridgehead atoms. The number of rotatable bonds is 9. The molecule has 2 aromatic carbocycles. The fraction of sp³-hybridized carbons (Fsp3) is 0.379. The van der Waals surface area contributed by atoms with Gasteiger partial charge in [0.15, 0.2) is 0 Å². The maximum atomic E-state index is 12.3. The smallest absolute Gasteiger partial charge is 0.348 e. The van der Waals surface area contributed by atoms with E-state index in [1.54, 1.807) is 0 Å². The summed E-state index contributed by atoms with van der Waals surface area (Å²) in [6.45, 7) is 10.4. The lowest BCUT2D eigenvalue weighted by Crippen LogP contribution is -2.67. The largest absolute Gasteiger partial charge is 0.465 e. The Morgan fingerprint density at radius 1 is 1.13 bits per heavy atom. The van der Waals surface area contributed by atoms with Gasteiger partial charge in [0.25, 0.3) is 8.32 Å². The van der Waals surface area contributed by atoms with Gasteiger partial charge in [-0.2, -0.15) is 0 Å². The van der Waals surface area contributed by atoms with Crippen molar-refractivity contribution >= 4 is 62.8 Å². The minimum absolute atomic E-state index is 0.157. The second kappa shape index (κ2) is 12.3. The second-order valence-corrected chi connectivity index (χ2v) is 16.4. The SMILES string of the molecule is COC(=O)c1sc(/N=C(/CO[Si](c2ccccc2)(c2ccccc2)C(C)(C)C)NC[C@@H]2CCO2)c(Br)c1C. The fourth-order valence-corrected chi connectivity index (χ4v) is 10.9. The Kier molecular flexibility index (Phi) is 9.26. The van der Waals surface area contributed by atoms with Crippen molar-refractivity contribution in [3.05, 3.63) is 75.6 Å². The number of ether oxygens (including phenoxy) is 2. The lowest BCUT2D eigenvalue weighted by atomic mass is 10.2. The van der Waals surface area contributed by atoms with Crippen LogP contribution in [0.5, 0.6) is 0 Å². The number of carbonyl (C=O) groups is 1. The maximum absolute atomic E-state index is 12.3. The van der Waals surface area contributed by atoms with E-state index < -0.39 is 8.32 Å². The molecule has 1 saturated heterocycles. The zero-order valence-corrected chi connectivity index (χ0v) is 25.9. The average molecular weight is 616 g/mol. The summed E-state index contributed by atoms with van der Waals surface area (Å²) in [5.74, 6) is 0.336. The van der Waals surface area contributed by atoms with E-state index in [1.807, 2.05) is 19.1 Å². The summed E-state index contributed by atoms with van der Waals surface area (Å²) in [5, 5.41) is 6.45. The van der Waals surface area contributed by atoms with Crippen molar-refractivity contribution in [1.29, 1.82) is 0 Å². The average Bonchev–Trinajstić information content (AvgIpc) is 3.16. The van der Waals surface area contributed by atoms with E-state index in [0.29, 0.717) is 22.3 Å². The Morgan fingerprint density at radius 2 is 1.71 bits per heavy atom. The third kappa shape index (κ3) is 5.97. The van der Waals surface area contributed by atoms with Crippen LogP contribution in [0.1, 0.15) is 42.4 Å². The molecule has 1 aromatic heterocycles. The van der Waals surface area contributed by atoms with Gasteiger partial charge < -0.3 is 19.2 Å². The van der Waals surface area contributed by atoms with E-state index in [1.165, 1.54) is 28.8 Å². The number of thiophene rings is 1. The first-order valence-corrected chi connectivity index (χ1v) is 16.2. The second-order valence-electron chi connectivity index (χ2n) is 10.3. The highest BCUT2D eigenvalue weighted by Gasteiger charge is 2.50. The summed E-state index contributed by atoms with van der Waals surface area (Å²) in [4.78, 5) is 17.8. The van der Waals surface area contributed by atoms with Gasteiger partial charge in [0.1, 0.15) is 15.7 Å². The van der Waals surface area contributed by atoms with E-state index in [0.717, 1.165) is 23.1 Å². The predicted octanol–water partition coefficient (Wildman–Crippen LogP) is 5.59. The zero-order chi connectivity index (χ0) is 27.3. The quantitative estimate of drug-likeness (QED) is 0.147. The molecule has 0 unspecified atom stereocenters. The molecular weight excluding hydrogens is 580 g/mol. The molecule has 0 amide bonds. The molecule has 3 aromatic rings. The molecule has 0 saturated carbocycles. The highest BCUT2D eigenvalue weighted by molar-refractivity contribution is 9.10. The van der Waals surface area contributed by atoms with Crippen LogP contribution in [-0.2, 0) is 13.9 Å². The molecule has 0 radical (unpaired) electrons. The Labute approximate surface area is 238 Å². The minimum Gasteiger partial charge on any atom is -0.465 e. The van der Waals surface area contributed by atoms with Gasteiger partial charge in [0, 0.05) is 13.2 Å². The number of halogens is 1. The number of aliphatic imine (C=N–C) groups is 1. The van der Waals surface area contributed by atoms with Gasteiger partial charge in [-0.1, -0.05) is 81.4 Å². The first kappa shape index (κ1) is 28.7. The van der Waals surface area contributed by atoms with Crippen molar-refractivity contribution in [3.63, 3.8) is 0 Å². The summed E-state index contributed by atoms with van der Waals surface area (Å²) in [5.41, 5.74) is 0.815. The molecule has 1 aliphatic heterocycles. The van der Waals surface area contributed by atoms with Crippen molar-refractivity contribution in [2.45, 2.75) is 45.3 Å². The van der Waals surface area contributed by atoms with Crippen molar-refractivity contribution in [3.8, 4) is 0 Å². The Hall–Kier alpha value is -2.30. The van der Waals surface area contributed by atoms with E-state index >= 15 is 0 Å². The molecule has 1 aliphatic rings. The topological polar surface area (TPSA) is 69.2 Å². The number of benzene rings is 2. The Bertz CT molecular complexity index is 1230. The van der Waals surface area contributed by atoms with Crippen LogP contribution in [0.2, 0.25) is 5.04 Å². The van der Waals surface area contributed by atoms with Crippen molar-refractivity contribution in [2.75, 3.05) is 26.9 Å². The molecule has 1 N–H and O–H groups in total. The lowest BCUT2D eigenvalue weighted by Gasteiger charge is -2.43. The Balaban J connectivity index is 1.75. The van der Waals surface area contributed by atoms with Crippen LogP contribution >= 0.6 is 27.3 Å². The highest BCUT2D eigenvalue weighted by Crippen LogP contribution is 2.40. The van der Waals surface area contributed by atoms with E-state index in [9.17, 15) is 4.79 Å². The number of methoxy groups -OCH3 is 1. The van der Waals surface area contributed by atoms with Crippen LogP contribution in [0.25, 0.3) is 0 Å². The van der Waals surface area contributed by atoms with Gasteiger partial charge in [0.05, 0.1) is 24.3 Å². The standard InChI is InChI=1S/C29H35BrN2O4SSi/c1-20-25(30)27(37-26(20)28(33)34-5)32-24(31-18-21-16-17-35-21)19-36-38(29(2,3)4,22-12-8-6-9-13-22)23-14-10-7-11-15-23/h6-15,21H,16-19H2,1-5H3,(H,31,32)/t21-/m0/s1. The normalized spacial score (nSPS) is 16.2. The molecule has 9 heteroatoms. The number of carbonyl (C=O) groups excluding carboxylic acids is 1. The van der Waals surface area contributed by atoms with Gasteiger partial charge in [-0.25, -0.2) is 9.79 Å². The molecule has 1 atom stereocenters. The summed E-state index contributed by atoms with van der Waals surface area (Å²) >= 11 is 4.95. The van der Waals surface area contributed by atoms with Crippen molar-refractivity contribution in [2.24, 2.45) is 4.99 Å². The first-order chi connectivity index (χ1) is 18.2. The fourth-order valence-electron chi connectivity index (χ4n) is 4.70. The molecular formula is C29H35BrN2O4SSi. The van der Waals surface area contributed by atoms with Gasteiger partial charge in [0.2, 0.25) is 0 Å². The molecule has 6 nitrogen and oxygen atoms in total. The number of hydrogen-bond acceptors (Lipinski definition) is 6. The van der Waals surface area contributed by atoms with Crippen molar-refractivity contribution < 1.29 is 18.7 Å². The number of nitrogens with zero attached hydrogens (tertiary/aromatic N) is 1. The summed E-state index contributed by atoms with van der Waals surface area (Å²) in [7, 11) is -1.37. The highest BCUT2D eigenvalue weighted by atomic mass is 79.9. The summed E-state index contributed by atoms with van der Waals surface area (Å²) in [6.07, 6.45) is 1.18. The van der Waals surface area contributed by atoms with Crippen LogP contribution < -0.4 is 15.7 Å². The monoisotopic (exact) mass is 614 g/mol. The number of hydrogen-bond donors (Lipinski definition) is 1. The maximum Gasteiger partial charge on any atom is 0.348 e. The molecule has 202 valence electrons. The first-order valence-electron chi connectivity index (χ1n) is 12.7. The molecule has 38 heavy (non-hydrogen) atoms. The molecule has 4 rings (SSSR count). The van der Waals surface area contributed by atoms with Gasteiger partial charge >= 0.3 is 5.97 Å².